The number of nitrogens with one attached hydrogen (secondary N) is 2. The lowest BCUT2D eigenvalue weighted by molar-refractivity contribution is 0.0918. The number of rotatable bonds is 4. The van der Waals surface area contributed by atoms with Gasteiger partial charge in [-0.3, -0.25) is 9.59 Å². The molecule has 0 unspecified atom stereocenters. The molecule has 0 fully saturated rings. The molecular weight excluding hydrogens is 473 g/mol. The maximum absolute atomic E-state index is 12.8. The van der Waals surface area contributed by atoms with Crippen molar-refractivity contribution in [2.24, 2.45) is 0 Å². The number of furan rings is 1. The van der Waals surface area contributed by atoms with Crippen LogP contribution in [-0.4, -0.2) is 29.4 Å². The molecule has 4 aromatic rings. The van der Waals surface area contributed by atoms with Gasteiger partial charge in [-0.15, -0.1) is 0 Å². The van der Waals surface area contributed by atoms with E-state index in [1.807, 2.05) is 26.8 Å². The Labute approximate surface area is 207 Å². The highest BCUT2D eigenvalue weighted by Crippen LogP contribution is 2.38. The smallest absolute Gasteiger partial charge is 0.255 e. The van der Waals surface area contributed by atoms with Gasteiger partial charge in [0.25, 0.3) is 11.8 Å². The van der Waals surface area contributed by atoms with E-state index in [9.17, 15) is 9.59 Å². The minimum absolute atomic E-state index is 0.195. The van der Waals surface area contributed by atoms with Crippen molar-refractivity contribution in [2.45, 2.75) is 26.3 Å². The highest BCUT2D eigenvalue weighted by molar-refractivity contribution is 6.33. The monoisotopic (exact) mass is 495 g/mol. The lowest BCUT2D eigenvalue weighted by Gasteiger charge is -2.20. The third-order valence-electron chi connectivity index (χ3n) is 5.12. The van der Waals surface area contributed by atoms with Gasteiger partial charge in [0, 0.05) is 34.3 Å². The summed E-state index contributed by atoms with van der Waals surface area (Å²) in [6, 6.07) is 15.8. The van der Waals surface area contributed by atoms with Gasteiger partial charge in [-0.25, -0.2) is 4.98 Å². The number of carbonyl (C=O) groups excluding carboxylic acids is 2. The molecule has 2 aromatic carbocycles. The van der Waals surface area contributed by atoms with Crippen LogP contribution in [0.15, 0.2) is 59.0 Å². The average molecular weight is 496 g/mol. The van der Waals surface area contributed by atoms with Crippen molar-refractivity contribution in [1.82, 2.24) is 15.6 Å². The number of nitrogens with zero attached hydrogens (tertiary/aromatic N) is 1. The molecule has 0 bridgehead atoms. The van der Waals surface area contributed by atoms with Crippen LogP contribution in [-0.2, 0) is 0 Å². The molecule has 174 valence electrons. The van der Waals surface area contributed by atoms with Crippen molar-refractivity contribution < 1.29 is 14.0 Å². The Bertz CT molecular complexity index is 1400. The zero-order valence-electron chi connectivity index (χ0n) is 19.1. The van der Waals surface area contributed by atoms with E-state index in [1.165, 1.54) is 0 Å². The first-order valence-electron chi connectivity index (χ1n) is 10.6. The summed E-state index contributed by atoms with van der Waals surface area (Å²) >= 11 is 12.5. The Balaban J connectivity index is 1.87. The van der Waals surface area contributed by atoms with Crippen molar-refractivity contribution >= 4 is 46.1 Å². The molecular formula is C26H23Cl2N3O3. The number of pyridine rings is 1. The van der Waals surface area contributed by atoms with Gasteiger partial charge in [-0.2, -0.15) is 0 Å². The van der Waals surface area contributed by atoms with Crippen molar-refractivity contribution in [3.63, 3.8) is 0 Å². The molecule has 34 heavy (non-hydrogen) atoms. The van der Waals surface area contributed by atoms with Crippen LogP contribution in [0.4, 0.5) is 0 Å². The molecule has 0 saturated carbocycles. The molecule has 0 aliphatic heterocycles. The predicted molar refractivity (Wildman–Crippen MR) is 136 cm³/mol. The largest absolute Gasteiger partial charge is 0.437 e. The zero-order valence-corrected chi connectivity index (χ0v) is 20.6. The van der Waals surface area contributed by atoms with Crippen molar-refractivity contribution in [3.8, 4) is 22.5 Å². The van der Waals surface area contributed by atoms with Crippen LogP contribution in [0.1, 0.15) is 41.5 Å². The van der Waals surface area contributed by atoms with Crippen LogP contribution >= 0.6 is 23.2 Å². The molecule has 0 saturated heterocycles. The second kappa shape index (κ2) is 9.12. The Kier molecular flexibility index (Phi) is 6.39. The summed E-state index contributed by atoms with van der Waals surface area (Å²) in [5.41, 5.74) is 2.64. The molecule has 2 N–H and O–H groups in total. The fourth-order valence-electron chi connectivity index (χ4n) is 3.60. The molecule has 8 heteroatoms. The lowest BCUT2D eigenvalue weighted by atomic mass is 10.0. The zero-order chi connectivity index (χ0) is 24.6. The minimum Gasteiger partial charge on any atom is -0.437 e. The van der Waals surface area contributed by atoms with Gasteiger partial charge in [0.15, 0.2) is 0 Å². The van der Waals surface area contributed by atoms with E-state index < -0.39 is 0 Å². The number of hydrogen-bond donors (Lipinski definition) is 2. The molecule has 0 spiro atoms. The number of fused-ring (bicyclic) bond motifs is 1. The maximum atomic E-state index is 12.8. The third kappa shape index (κ3) is 4.79. The highest BCUT2D eigenvalue weighted by atomic mass is 35.5. The second-order valence-electron chi connectivity index (χ2n) is 8.86. The predicted octanol–water partition coefficient (Wildman–Crippen LogP) is 6.36. The van der Waals surface area contributed by atoms with Crippen LogP contribution in [0.3, 0.4) is 0 Å². The standard InChI is InChI=1S/C26H23Cl2N3O3/c1-26(2,3)31-23(32)16-7-5-6-15(12-16)18-13-19-20(24(33)29-4)21(34-25(19)30-22(18)28)14-8-10-17(27)11-9-14/h5-13H,1-4H3,(H,29,33)(H,31,32). The Hall–Kier alpha value is -3.35. The number of halogens is 2. The SMILES string of the molecule is CNC(=O)c1c(-c2ccc(Cl)cc2)oc2nc(Cl)c(-c3cccc(C(=O)NC(C)(C)C)c3)cc12. The average Bonchev–Trinajstić information content (AvgIpc) is 3.15. The number of carbonyl (C=O) groups is 2. The van der Waals surface area contributed by atoms with Gasteiger partial charge in [0.05, 0.1) is 10.9 Å². The van der Waals surface area contributed by atoms with Crippen LogP contribution in [0.25, 0.3) is 33.6 Å². The first-order valence-corrected chi connectivity index (χ1v) is 11.4. The Morgan fingerprint density at radius 3 is 2.29 bits per heavy atom. The van der Waals surface area contributed by atoms with Crippen LogP contribution in [0.2, 0.25) is 10.2 Å². The summed E-state index contributed by atoms with van der Waals surface area (Å²) in [4.78, 5) is 29.9. The molecule has 6 nitrogen and oxygen atoms in total. The quantitative estimate of drug-likeness (QED) is 0.322. The van der Waals surface area contributed by atoms with E-state index in [2.05, 4.69) is 15.6 Å². The van der Waals surface area contributed by atoms with E-state index in [0.29, 0.717) is 44.0 Å². The topological polar surface area (TPSA) is 84.2 Å². The van der Waals surface area contributed by atoms with Gasteiger partial charge in [0.2, 0.25) is 5.71 Å². The van der Waals surface area contributed by atoms with E-state index in [4.69, 9.17) is 27.6 Å². The van der Waals surface area contributed by atoms with Crippen molar-refractivity contribution in [2.75, 3.05) is 7.05 Å². The molecule has 0 aliphatic rings. The van der Waals surface area contributed by atoms with E-state index in [1.54, 1.807) is 55.6 Å². The highest BCUT2D eigenvalue weighted by Gasteiger charge is 2.24. The fourth-order valence-corrected chi connectivity index (χ4v) is 3.97. The van der Waals surface area contributed by atoms with Gasteiger partial charge in [-0.05, 0) is 68.8 Å². The number of amides is 2. The van der Waals surface area contributed by atoms with Crippen LogP contribution in [0, 0.1) is 0 Å². The van der Waals surface area contributed by atoms with Crippen LogP contribution in [0.5, 0.6) is 0 Å². The van der Waals surface area contributed by atoms with Gasteiger partial charge >= 0.3 is 0 Å². The molecule has 2 aromatic heterocycles. The minimum atomic E-state index is -0.373. The molecule has 2 amide bonds. The fraction of sp³-hybridized carbons (Fsp3) is 0.192. The molecule has 0 aliphatic carbocycles. The van der Waals surface area contributed by atoms with Gasteiger partial charge in [0.1, 0.15) is 10.9 Å². The van der Waals surface area contributed by atoms with Crippen LogP contribution < -0.4 is 10.6 Å². The first kappa shape index (κ1) is 23.8. The Morgan fingerprint density at radius 2 is 1.65 bits per heavy atom. The molecule has 0 radical (unpaired) electrons. The molecule has 2 heterocycles. The summed E-state index contributed by atoms with van der Waals surface area (Å²) in [5, 5.41) is 6.88. The van der Waals surface area contributed by atoms with Gasteiger partial charge in [-0.1, -0.05) is 35.3 Å². The molecule has 0 atom stereocenters. The molecule has 4 rings (SSSR count). The Morgan fingerprint density at radius 1 is 0.941 bits per heavy atom. The first-order chi connectivity index (χ1) is 16.1. The maximum Gasteiger partial charge on any atom is 0.255 e. The van der Waals surface area contributed by atoms with E-state index in [-0.39, 0.29) is 28.2 Å². The lowest BCUT2D eigenvalue weighted by Crippen LogP contribution is -2.40. The summed E-state index contributed by atoms with van der Waals surface area (Å²) in [6.45, 7) is 5.75. The van der Waals surface area contributed by atoms with E-state index in [0.717, 1.165) is 0 Å². The van der Waals surface area contributed by atoms with Crippen molar-refractivity contribution in [1.29, 1.82) is 0 Å². The van der Waals surface area contributed by atoms with Crippen molar-refractivity contribution in [3.05, 3.63) is 75.9 Å². The summed E-state index contributed by atoms with van der Waals surface area (Å²) < 4.78 is 5.97. The number of hydrogen-bond acceptors (Lipinski definition) is 4. The number of aromatic nitrogens is 1. The summed E-state index contributed by atoms with van der Waals surface area (Å²) in [6.07, 6.45) is 0. The summed E-state index contributed by atoms with van der Waals surface area (Å²) in [5.74, 6) is -0.152. The summed E-state index contributed by atoms with van der Waals surface area (Å²) in [7, 11) is 1.55. The van der Waals surface area contributed by atoms with E-state index >= 15 is 0 Å². The third-order valence-corrected chi connectivity index (χ3v) is 5.66. The second-order valence-corrected chi connectivity index (χ2v) is 9.65. The number of benzene rings is 2. The van der Waals surface area contributed by atoms with Gasteiger partial charge < -0.3 is 15.1 Å². The normalized spacial score (nSPS) is 11.5.